The molecule has 6 aliphatic rings. The number of imide groups is 1. The van der Waals surface area contributed by atoms with E-state index in [1.165, 1.54) is 6.42 Å². The third-order valence-corrected chi connectivity index (χ3v) is 8.45. The first-order valence-electron chi connectivity index (χ1n) is 11.5. The molecule has 2 bridgehead atoms. The molecule has 1 heterocycles. The van der Waals surface area contributed by atoms with E-state index in [4.69, 9.17) is 0 Å². The van der Waals surface area contributed by atoms with Crippen LogP contribution >= 0.6 is 0 Å². The molecule has 3 amide bonds. The molecular weight excluding hydrogens is 376 g/mol. The third kappa shape index (κ3) is 2.63. The molecule has 0 aromatic heterocycles. The number of nitrogens with one attached hydrogen (secondary N) is 1. The molecule has 1 aromatic carbocycles. The average Bonchev–Trinajstić information content (AvgIpc) is 3.53. The molecule has 6 atom stereocenters. The number of anilines is 1. The Bertz CT molecular complexity index is 908. The molecule has 1 aliphatic heterocycles. The van der Waals surface area contributed by atoms with Crippen molar-refractivity contribution in [2.24, 2.45) is 41.4 Å². The van der Waals surface area contributed by atoms with Crippen LogP contribution in [-0.2, 0) is 14.4 Å². The minimum absolute atomic E-state index is 0.0326. The number of rotatable bonds is 3. The summed E-state index contributed by atoms with van der Waals surface area (Å²) < 4.78 is 0. The van der Waals surface area contributed by atoms with E-state index in [2.05, 4.69) is 17.5 Å². The van der Waals surface area contributed by atoms with Crippen molar-refractivity contribution in [1.82, 2.24) is 4.90 Å². The summed E-state index contributed by atoms with van der Waals surface area (Å²) in [5, 5.41) is 3.02. The van der Waals surface area contributed by atoms with Crippen molar-refractivity contribution < 1.29 is 14.4 Å². The van der Waals surface area contributed by atoms with Gasteiger partial charge in [0.1, 0.15) is 0 Å². The Kier molecular flexibility index (Phi) is 4.00. The van der Waals surface area contributed by atoms with Crippen LogP contribution in [0.4, 0.5) is 5.69 Å². The molecule has 5 aliphatic carbocycles. The SMILES string of the molecule is Cc1ccc(NC(=O)C2CCC(N3C(=O)[C@@H]4[C@H]5C=C[C@H]([C@H]6C[C@H]56)[C@@H]4C3=O)CC2)cc1. The second-order valence-electron chi connectivity index (χ2n) is 10.1. The van der Waals surface area contributed by atoms with Gasteiger partial charge < -0.3 is 5.32 Å². The Morgan fingerprint density at radius 2 is 1.47 bits per heavy atom. The molecule has 1 saturated heterocycles. The number of allylic oxidation sites excluding steroid dienone is 2. The average molecular weight is 405 g/mol. The van der Waals surface area contributed by atoms with Crippen molar-refractivity contribution in [3.63, 3.8) is 0 Å². The van der Waals surface area contributed by atoms with Crippen LogP contribution in [0, 0.1) is 48.3 Å². The Balaban J connectivity index is 1.11. The van der Waals surface area contributed by atoms with E-state index in [0.29, 0.717) is 11.8 Å². The van der Waals surface area contributed by atoms with Crippen molar-refractivity contribution in [2.45, 2.75) is 45.1 Å². The highest BCUT2D eigenvalue weighted by Gasteiger charge is 2.67. The Morgan fingerprint density at radius 3 is 2.03 bits per heavy atom. The predicted molar refractivity (Wildman–Crippen MR) is 112 cm³/mol. The zero-order valence-corrected chi connectivity index (χ0v) is 17.3. The third-order valence-electron chi connectivity index (χ3n) is 8.45. The van der Waals surface area contributed by atoms with Crippen LogP contribution in [0.5, 0.6) is 0 Å². The van der Waals surface area contributed by atoms with Crippen LogP contribution in [-0.4, -0.2) is 28.7 Å². The number of carbonyl (C=O) groups excluding carboxylic acids is 3. The van der Waals surface area contributed by atoms with Crippen LogP contribution in [0.3, 0.4) is 0 Å². The zero-order valence-electron chi connectivity index (χ0n) is 17.3. The summed E-state index contributed by atoms with van der Waals surface area (Å²) in [7, 11) is 0. The summed E-state index contributed by atoms with van der Waals surface area (Å²) in [6.45, 7) is 2.02. The van der Waals surface area contributed by atoms with Crippen molar-refractivity contribution in [1.29, 1.82) is 0 Å². The van der Waals surface area contributed by atoms with E-state index in [9.17, 15) is 14.4 Å². The smallest absolute Gasteiger partial charge is 0.233 e. The summed E-state index contributed by atoms with van der Waals surface area (Å²) >= 11 is 0. The summed E-state index contributed by atoms with van der Waals surface area (Å²) in [5.41, 5.74) is 1.98. The highest BCUT2D eigenvalue weighted by atomic mass is 16.2. The van der Waals surface area contributed by atoms with Gasteiger partial charge in [-0.25, -0.2) is 0 Å². The van der Waals surface area contributed by atoms with Gasteiger partial charge in [0, 0.05) is 17.6 Å². The van der Waals surface area contributed by atoms with Crippen LogP contribution in [0.1, 0.15) is 37.7 Å². The largest absolute Gasteiger partial charge is 0.326 e. The van der Waals surface area contributed by atoms with Crippen LogP contribution < -0.4 is 5.32 Å². The van der Waals surface area contributed by atoms with Gasteiger partial charge >= 0.3 is 0 Å². The normalized spacial score (nSPS) is 40.9. The lowest BCUT2D eigenvalue weighted by Gasteiger charge is -2.37. The molecular formula is C25H28N2O3. The summed E-state index contributed by atoms with van der Waals surface area (Å²) in [4.78, 5) is 40.9. The number of likely N-dealkylation sites (tertiary alicyclic amines) is 1. The fraction of sp³-hybridized carbons (Fsp3) is 0.560. The molecule has 0 spiro atoms. The first-order valence-corrected chi connectivity index (χ1v) is 11.5. The lowest BCUT2D eigenvalue weighted by atomic mass is 9.63. The van der Waals surface area contributed by atoms with E-state index >= 15 is 0 Å². The fourth-order valence-corrected chi connectivity index (χ4v) is 6.82. The van der Waals surface area contributed by atoms with Crippen molar-refractivity contribution in [2.75, 3.05) is 5.32 Å². The van der Waals surface area contributed by atoms with Crippen LogP contribution in [0.15, 0.2) is 36.4 Å². The molecule has 4 fully saturated rings. The van der Waals surface area contributed by atoms with Crippen molar-refractivity contribution in [3.8, 4) is 0 Å². The second kappa shape index (κ2) is 6.53. The van der Waals surface area contributed by atoms with Gasteiger partial charge in [-0.3, -0.25) is 19.3 Å². The first kappa shape index (κ1) is 18.3. The van der Waals surface area contributed by atoms with Crippen molar-refractivity contribution >= 4 is 23.4 Å². The molecule has 1 aromatic rings. The van der Waals surface area contributed by atoms with E-state index in [1.54, 1.807) is 4.90 Å². The van der Waals surface area contributed by atoms with Crippen LogP contribution in [0.25, 0.3) is 0 Å². The topological polar surface area (TPSA) is 66.5 Å². The van der Waals surface area contributed by atoms with Gasteiger partial charge in [-0.1, -0.05) is 29.8 Å². The first-order chi connectivity index (χ1) is 14.5. The molecule has 30 heavy (non-hydrogen) atoms. The monoisotopic (exact) mass is 404 g/mol. The molecule has 3 saturated carbocycles. The van der Waals surface area contributed by atoms with Gasteiger partial charge in [-0.05, 0) is 74.8 Å². The summed E-state index contributed by atoms with van der Waals surface area (Å²) in [5.74, 6) is 1.75. The minimum Gasteiger partial charge on any atom is -0.326 e. The molecule has 0 unspecified atom stereocenters. The highest BCUT2D eigenvalue weighted by Crippen LogP contribution is 2.65. The lowest BCUT2D eigenvalue weighted by Crippen LogP contribution is -2.44. The maximum atomic E-state index is 13.3. The lowest BCUT2D eigenvalue weighted by molar-refractivity contribution is -0.144. The number of carbonyl (C=O) groups is 3. The molecule has 1 N–H and O–H groups in total. The van der Waals surface area contributed by atoms with Crippen molar-refractivity contribution in [3.05, 3.63) is 42.0 Å². The fourth-order valence-electron chi connectivity index (χ4n) is 6.82. The zero-order chi connectivity index (χ0) is 20.6. The van der Waals surface area contributed by atoms with Gasteiger partial charge in [0.25, 0.3) is 0 Å². The quantitative estimate of drug-likeness (QED) is 0.619. The molecule has 5 nitrogen and oxygen atoms in total. The molecule has 0 radical (unpaired) electrons. The van der Waals surface area contributed by atoms with Gasteiger partial charge in [0.15, 0.2) is 0 Å². The summed E-state index contributed by atoms with van der Waals surface area (Å²) in [6, 6.07) is 7.80. The van der Waals surface area contributed by atoms with Crippen LogP contribution in [0.2, 0.25) is 0 Å². The Labute approximate surface area is 176 Å². The molecule has 7 rings (SSSR count). The Morgan fingerprint density at radius 1 is 0.900 bits per heavy atom. The standard InChI is InChI=1S/C25H28N2O3/c1-13-2-6-15(7-3-13)26-23(28)14-4-8-16(9-5-14)27-24(29)21-17-10-11-18(20-12-19(17)20)22(21)25(27)30/h2-3,6-7,10-11,14,16-22H,4-5,8-9,12H2,1H3,(H,26,28)/t14?,16?,17-,18+,19-,20-,21+,22-/m1/s1. The van der Waals surface area contributed by atoms with E-state index < -0.39 is 0 Å². The number of hydrogen-bond acceptors (Lipinski definition) is 3. The van der Waals surface area contributed by atoms with Gasteiger partial charge in [-0.2, -0.15) is 0 Å². The number of nitrogens with zero attached hydrogens (tertiary/aromatic N) is 1. The summed E-state index contributed by atoms with van der Waals surface area (Å²) in [6.07, 6.45) is 8.56. The maximum absolute atomic E-state index is 13.3. The number of amides is 3. The molecule has 5 heteroatoms. The Hall–Kier alpha value is -2.43. The predicted octanol–water partition coefficient (Wildman–Crippen LogP) is 3.55. The minimum atomic E-state index is -0.112. The van der Waals surface area contributed by atoms with Gasteiger partial charge in [0.05, 0.1) is 11.8 Å². The molecule has 156 valence electrons. The van der Waals surface area contributed by atoms with Gasteiger partial charge in [0.2, 0.25) is 17.7 Å². The second-order valence-corrected chi connectivity index (χ2v) is 10.1. The number of aryl methyl sites for hydroxylation is 1. The van der Waals surface area contributed by atoms with Gasteiger partial charge in [-0.15, -0.1) is 0 Å². The highest BCUT2D eigenvalue weighted by molar-refractivity contribution is 6.06. The number of hydrogen-bond donors (Lipinski definition) is 1. The van der Waals surface area contributed by atoms with E-state index in [-0.39, 0.29) is 53.4 Å². The van der Waals surface area contributed by atoms with E-state index in [0.717, 1.165) is 36.9 Å². The van der Waals surface area contributed by atoms with E-state index in [1.807, 2.05) is 31.2 Å². The number of benzene rings is 1. The maximum Gasteiger partial charge on any atom is 0.233 e.